The van der Waals surface area contributed by atoms with Gasteiger partial charge in [-0.1, -0.05) is 11.6 Å². The van der Waals surface area contributed by atoms with E-state index in [2.05, 4.69) is 10.1 Å². The minimum atomic E-state index is -3.04. The fraction of sp³-hybridized carbons (Fsp3) is 0.133. The predicted octanol–water partition coefficient (Wildman–Crippen LogP) is 3.91. The number of hydrogen-bond acceptors (Lipinski definition) is 4. The monoisotopic (exact) mass is 343 g/mol. The van der Waals surface area contributed by atoms with Gasteiger partial charge in [0.15, 0.2) is 11.5 Å². The van der Waals surface area contributed by atoms with Gasteiger partial charge in [0.25, 0.3) is 5.91 Å². The molecule has 0 bridgehead atoms. The summed E-state index contributed by atoms with van der Waals surface area (Å²) in [6.07, 6.45) is 0. The summed E-state index contributed by atoms with van der Waals surface area (Å²) in [6, 6.07) is 7.98. The number of phenolic OH excluding ortho intramolecular Hbond substituents is 1. The van der Waals surface area contributed by atoms with Crippen LogP contribution in [0.1, 0.15) is 10.4 Å². The molecule has 0 spiro atoms. The molecule has 0 atom stereocenters. The highest BCUT2D eigenvalue weighted by Gasteiger charge is 2.15. The molecule has 0 aliphatic rings. The van der Waals surface area contributed by atoms with Gasteiger partial charge in [0.2, 0.25) is 0 Å². The number of carbonyl (C=O) groups excluding carboxylic acids is 1. The summed E-state index contributed by atoms with van der Waals surface area (Å²) in [6.45, 7) is -3.04. The number of methoxy groups -OCH3 is 1. The molecule has 0 unspecified atom stereocenters. The van der Waals surface area contributed by atoms with Crippen molar-refractivity contribution in [2.75, 3.05) is 12.4 Å². The van der Waals surface area contributed by atoms with E-state index in [4.69, 9.17) is 16.3 Å². The topological polar surface area (TPSA) is 67.8 Å². The number of hydrogen-bond donors (Lipinski definition) is 2. The van der Waals surface area contributed by atoms with E-state index in [0.29, 0.717) is 0 Å². The van der Waals surface area contributed by atoms with Gasteiger partial charge in [-0.05, 0) is 30.3 Å². The summed E-state index contributed by atoms with van der Waals surface area (Å²) in [7, 11) is 1.30. The number of benzene rings is 2. The molecule has 5 nitrogen and oxygen atoms in total. The van der Waals surface area contributed by atoms with Crippen molar-refractivity contribution in [1.29, 1.82) is 0 Å². The van der Waals surface area contributed by atoms with Crippen LogP contribution < -0.4 is 14.8 Å². The Balaban J connectivity index is 2.25. The molecule has 0 aliphatic carbocycles. The van der Waals surface area contributed by atoms with Crippen LogP contribution in [0, 0.1) is 0 Å². The molecule has 23 heavy (non-hydrogen) atoms. The van der Waals surface area contributed by atoms with Crippen LogP contribution in [0.15, 0.2) is 36.4 Å². The second kappa shape index (κ2) is 7.15. The minimum absolute atomic E-state index is 0.0513. The Morgan fingerprint density at radius 3 is 2.61 bits per heavy atom. The summed E-state index contributed by atoms with van der Waals surface area (Å²) >= 11 is 5.77. The number of phenols is 1. The molecule has 0 heterocycles. The first-order valence-corrected chi connectivity index (χ1v) is 6.71. The van der Waals surface area contributed by atoms with Gasteiger partial charge >= 0.3 is 6.61 Å². The van der Waals surface area contributed by atoms with E-state index in [1.807, 2.05) is 0 Å². The third-order valence-corrected chi connectivity index (χ3v) is 3.08. The molecule has 8 heteroatoms. The fourth-order valence-electron chi connectivity index (χ4n) is 1.83. The molecule has 0 fully saturated rings. The van der Waals surface area contributed by atoms with E-state index in [9.17, 15) is 18.7 Å². The number of carbonyl (C=O) groups is 1. The Morgan fingerprint density at radius 2 is 1.96 bits per heavy atom. The van der Waals surface area contributed by atoms with Gasteiger partial charge in [-0.25, -0.2) is 0 Å². The smallest absolute Gasteiger partial charge is 0.387 e. The molecule has 0 saturated heterocycles. The van der Waals surface area contributed by atoms with Crippen molar-refractivity contribution < 1.29 is 28.2 Å². The van der Waals surface area contributed by atoms with Crippen LogP contribution >= 0.6 is 11.6 Å². The third kappa shape index (κ3) is 4.23. The van der Waals surface area contributed by atoms with Gasteiger partial charge in [0.1, 0.15) is 5.75 Å². The van der Waals surface area contributed by atoms with E-state index in [1.165, 1.54) is 43.5 Å². The minimum Gasteiger partial charge on any atom is -0.507 e. The van der Waals surface area contributed by atoms with Gasteiger partial charge in [-0.15, -0.1) is 0 Å². The number of halogens is 3. The van der Waals surface area contributed by atoms with Gasteiger partial charge in [0.05, 0.1) is 12.7 Å². The van der Waals surface area contributed by atoms with Crippen molar-refractivity contribution in [2.45, 2.75) is 6.61 Å². The lowest BCUT2D eigenvalue weighted by Gasteiger charge is -2.12. The Bertz CT molecular complexity index is 725. The summed E-state index contributed by atoms with van der Waals surface area (Å²) in [5.74, 6) is -1.05. The Labute approximate surface area is 135 Å². The maximum atomic E-state index is 12.4. The Morgan fingerprint density at radius 1 is 1.22 bits per heavy atom. The van der Waals surface area contributed by atoms with Crippen LogP contribution in [0.4, 0.5) is 14.5 Å². The van der Waals surface area contributed by atoms with Crippen molar-refractivity contribution in [3.8, 4) is 17.2 Å². The van der Waals surface area contributed by atoms with Crippen LogP contribution in [-0.2, 0) is 0 Å². The van der Waals surface area contributed by atoms with Crippen molar-refractivity contribution in [1.82, 2.24) is 0 Å². The van der Waals surface area contributed by atoms with Gasteiger partial charge in [-0.2, -0.15) is 8.78 Å². The number of rotatable bonds is 5. The standard InChI is InChI=1S/C15H12ClF2NO4/c1-22-12-5-3-9(7-13(12)23-15(17)18)19-14(21)10-6-8(16)2-4-11(10)20/h2-7,15,20H,1H3,(H,19,21). The first-order valence-electron chi connectivity index (χ1n) is 6.33. The normalized spacial score (nSPS) is 10.5. The predicted molar refractivity (Wildman–Crippen MR) is 80.7 cm³/mol. The van der Waals surface area contributed by atoms with Gasteiger partial charge < -0.3 is 19.9 Å². The number of amides is 1. The molecule has 122 valence electrons. The maximum Gasteiger partial charge on any atom is 0.387 e. The molecular formula is C15H12ClF2NO4. The molecule has 2 aromatic carbocycles. The molecule has 1 amide bonds. The van der Waals surface area contributed by atoms with Crippen LogP contribution in [0.5, 0.6) is 17.2 Å². The van der Waals surface area contributed by atoms with Crippen molar-refractivity contribution in [3.63, 3.8) is 0 Å². The molecule has 2 N–H and O–H groups in total. The molecule has 0 saturated carbocycles. The highest BCUT2D eigenvalue weighted by atomic mass is 35.5. The Kier molecular flexibility index (Phi) is 5.23. The van der Waals surface area contributed by atoms with E-state index < -0.39 is 12.5 Å². The molecule has 2 aromatic rings. The molecule has 0 radical (unpaired) electrons. The van der Waals surface area contributed by atoms with Crippen LogP contribution in [0.25, 0.3) is 0 Å². The average Bonchev–Trinajstić information content (AvgIpc) is 2.49. The third-order valence-electron chi connectivity index (χ3n) is 2.84. The zero-order valence-corrected chi connectivity index (χ0v) is 12.6. The first-order chi connectivity index (χ1) is 10.9. The quantitative estimate of drug-likeness (QED) is 0.863. The van der Waals surface area contributed by atoms with Crippen LogP contribution in [0.2, 0.25) is 5.02 Å². The van der Waals surface area contributed by atoms with E-state index in [0.717, 1.165) is 0 Å². The van der Waals surface area contributed by atoms with E-state index in [-0.39, 0.29) is 33.5 Å². The zero-order chi connectivity index (χ0) is 17.0. The summed E-state index contributed by atoms with van der Waals surface area (Å²) in [5, 5.41) is 12.4. The number of anilines is 1. The largest absolute Gasteiger partial charge is 0.507 e. The lowest BCUT2D eigenvalue weighted by molar-refractivity contribution is -0.0511. The lowest BCUT2D eigenvalue weighted by Crippen LogP contribution is -2.12. The van der Waals surface area contributed by atoms with Gasteiger partial charge in [0, 0.05) is 16.8 Å². The molecule has 0 aromatic heterocycles. The average molecular weight is 344 g/mol. The lowest BCUT2D eigenvalue weighted by atomic mass is 10.2. The van der Waals surface area contributed by atoms with Crippen molar-refractivity contribution >= 4 is 23.2 Å². The van der Waals surface area contributed by atoms with Crippen LogP contribution in [-0.4, -0.2) is 24.7 Å². The fourth-order valence-corrected chi connectivity index (χ4v) is 2.00. The van der Waals surface area contributed by atoms with Crippen molar-refractivity contribution in [3.05, 3.63) is 47.0 Å². The zero-order valence-electron chi connectivity index (χ0n) is 11.8. The summed E-state index contributed by atoms with van der Waals surface area (Å²) < 4.78 is 34.0. The Hall–Kier alpha value is -2.54. The number of ether oxygens (including phenoxy) is 2. The molecule has 0 aliphatic heterocycles. The van der Waals surface area contributed by atoms with E-state index >= 15 is 0 Å². The molecular weight excluding hydrogens is 332 g/mol. The maximum absolute atomic E-state index is 12.4. The van der Waals surface area contributed by atoms with E-state index in [1.54, 1.807) is 0 Å². The van der Waals surface area contributed by atoms with Gasteiger partial charge in [-0.3, -0.25) is 4.79 Å². The number of nitrogens with one attached hydrogen (secondary N) is 1. The highest BCUT2D eigenvalue weighted by molar-refractivity contribution is 6.31. The molecule has 2 rings (SSSR count). The number of alkyl halides is 2. The SMILES string of the molecule is COc1ccc(NC(=O)c2cc(Cl)ccc2O)cc1OC(F)F. The summed E-state index contributed by atoms with van der Waals surface area (Å²) in [4.78, 5) is 12.1. The van der Waals surface area contributed by atoms with Crippen LogP contribution in [0.3, 0.4) is 0 Å². The highest BCUT2D eigenvalue weighted by Crippen LogP contribution is 2.32. The first kappa shape index (κ1) is 16.8. The number of aromatic hydroxyl groups is 1. The summed E-state index contributed by atoms with van der Waals surface area (Å²) in [5.41, 5.74) is 0.135. The van der Waals surface area contributed by atoms with Crippen molar-refractivity contribution in [2.24, 2.45) is 0 Å². The second-order valence-electron chi connectivity index (χ2n) is 4.36. The second-order valence-corrected chi connectivity index (χ2v) is 4.80.